The molecule has 1 aromatic heterocycles. The molecule has 0 spiro atoms. The molecule has 0 aliphatic carbocycles. The summed E-state index contributed by atoms with van der Waals surface area (Å²) in [6, 6.07) is 13.7. The Kier molecular flexibility index (Phi) is 4.57. The third kappa shape index (κ3) is 3.22. The molecular weight excluding hydrogens is 383 g/mol. The van der Waals surface area contributed by atoms with E-state index >= 15 is 0 Å². The fraction of sp³-hybridized carbons (Fsp3) is 0.118. The number of halogens is 3. The summed E-state index contributed by atoms with van der Waals surface area (Å²) in [5, 5.41) is 1.08. The Labute approximate surface area is 147 Å². The second-order valence-corrected chi connectivity index (χ2v) is 6.72. The Morgan fingerprint density at radius 1 is 1.09 bits per heavy atom. The lowest BCUT2D eigenvalue weighted by Crippen LogP contribution is -1.92. The van der Waals surface area contributed by atoms with Gasteiger partial charge in [-0.2, -0.15) is 0 Å². The van der Waals surface area contributed by atoms with E-state index in [1.54, 1.807) is 6.07 Å². The summed E-state index contributed by atoms with van der Waals surface area (Å²) < 4.78 is 1.08. The van der Waals surface area contributed by atoms with Crippen molar-refractivity contribution >= 4 is 39.1 Å². The van der Waals surface area contributed by atoms with E-state index < -0.39 is 0 Å². The molecule has 0 saturated heterocycles. The van der Waals surface area contributed by atoms with Crippen molar-refractivity contribution in [3.8, 4) is 11.3 Å². The number of hydrogen-bond acceptors (Lipinski definition) is 1. The third-order valence-corrected chi connectivity index (χ3v) is 4.96. The normalized spacial score (nSPS) is 10.9. The van der Waals surface area contributed by atoms with Crippen molar-refractivity contribution < 1.29 is 0 Å². The van der Waals surface area contributed by atoms with Gasteiger partial charge in [-0.05, 0) is 30.7 Å². The smallest absolute Gasteiger partial charge is 0.111 e. The van der Waals surface area contributed by atoms with Gasteiger partial charge >= 0.3 is 0 Å². The number of H-pyrrole nitrogens is 1. The molecule has 0 bridgehead atoms. The molecule has 0 atom stereocenters. The quantitative estimate of drug-likeness (QED) is 0.574. The van der Waals surface area contributed by atoms with E-state index in [1.165, 1.54) is 5.56 Å². The molecule has 3 rings (SSSR count). The van der Waals surface area contributed by atoms with Gasteiger partial charge in [-0.25, -0.2) is 4.98 Å². The van der Waals surface area contributed by atoms with Crippen LogP contribution >= 0.6 is 39.1 Å². The Hall–Kier alpha value is -1.29. The predicted octanol–water partition coefficient (Wildman–Crippen LogP) is 6.05. The van der Waals surface area contributed by atoms with Gasteiger partial charge in [0.15, 0.2) is 0 Å². The van der Waals surface area contributed by atoms with Crippen LogP contribution in [0.3, 0.4) is 0 Å². The van der Waals surface area contributed by atoms with E-state index in [0.29, 0.717) is 10.0 Å². The highest BCUT2D eigenvalue weighted by Crippen LogP contribution is 2.29. The number of aromatic nitrogens is 2. The van der Waals surface area contributed by atoms with Gasteiger partial charge in [-0.1, -0.05) is 63.4 Å². The average Bonchev–Trinajstić information content (AvgIpc) is 2.85. The molecule has 1 heterocycles. The molecule has 0 fully saturated rings. The van der Waals surface area contributed by atoms with Crippen LogP contribution in [0.2, 0.25) is 10.0 Å². The van der Waals surface area contributed by atoms with Gasteiger partial charge in [0.1, 0.15) is 5.82 Å². The lowest BCUT2D eigenvalue weighted by atomic mass is 10.1. The Morgan fingerprint density at radius 3 is 2.59 bits per heavy atom. The third-order valence-electron chi connectivity index (χ3n) is 3.44. The number of aromatic amines is 1. The summed E-state index contributed by atoms with van der Waals surface area (Å²) in [7, 11) is 0. The summed E-state index contributed by atoms with van der Waals surface area (Å²) >= 11 is 15.6. The molecule has 0 amide bonds. The van der Waals surface area contributed by atoms with Crippen molar-refractivity contribution in [1.82, 2.24) is 9.97 Å². The Bertz CT molecular complexity index is 827. The number of benzene rings is 2. The zero-order valence-corrected chi connectivity index (χ0v) is 14.9. The number of imidazole rings is 1. The monoisotopic (exact) mass is 394 g/mol. The molecule has 3 aromatic rings. The van der Waals surface area contributed by atoms with Crippen LogP contribution in [0.25, 0.3) is 11.3 Å². The van der Waals surface area contributed by atoms with Gasteiger partial charge in [0.2, 0.25) is 0 Å². The van der Waals surface area contributed by atoms with Gasteiger partial charge in [0.25, 0.3) is 0 Å². The largest absolute Gasteiger partial charge is 0.345 e. The van der Waals surface area contributed by atoms with Crippen LogP contribution in [0.5, 0.6) is 0 Å². The molecule has 112 valence electrons. The molecule has 22 heavy (non-hydrogen) atoms. The fourth-order valence-electron chi connectivity index (χ4n) is 2.35. The minimum atomic E-state index is 0.536. The van der Waals surface area contributed by atoms with Gasteiger partial charge in [-0.15, -0.1) is 0 Å². The van der Waals surface area contributed by atoms with E-state index in [0.717, 1.165) is 33.7 Å². The van der Waals surface area contributed by atoms with Crippen LogP contribution in [-0.2, 0) is 6.42 Å². The van der Waals surface area contributed by atoms with E-state index in [1.807, 2.05) is 37.3 Å². The zero-order chi connectivity index (χ0) is 15.7. The van der Waals surface area contributed by atoms with Gasteiger partial charge in [0, 0.05) is 22.2 Å². The summed E-state index contributed by atoms with van der Waals surface area (Å²) in [5.41, 5.74) is 4.07. The number of aryl methyl sites for hydroxylation is 1. The van der Waals surface area contributed by atoms with Crippen LogP contribution in [0, 0.1) is 6.92 Å². The topological polar surface area (TPSA) is 28.7 Å². The lowest BCUT2D eigenvalue weighted by Gasteiger charge is -2.02. The van der Waals surface area contributed by atoms with Crippen molar-refractivity contribution in [3.05, 3.63) is 74.1 Å². The fourth-order valence-corrected chi connectivity index (χ4v) is 3.08. The highest BCUT2D eigenvalue weighted by atomic mass is 79.9. The highest BCUT2D eigenvalue weighted by Gasteiger charge is 2.11. The maximum Gasteiger partial charge on any atom is 0.111 e. The minimum Gasteiger partial charge on any atom is -0.345 e. The Balaban J connectivity index is 1.94. The minimum absolute atomic E-state index is 0.536. The van der Waals surface area contributed by atoms with E-state index in [-0.39, 0.29) is 0 Å². The summed E-state index contributed by atoms with van der Waals surface area (Å²) in [6.07, 6.45) is 0.740. The van der Waals surface area contributed by atoms with E-state index in [9.17, 15) is 0 Å². The van der Waals surface area contributed by atoms with Crippen molar-refractivity contribution in [2.75, 3.05) is 0 Å². The first-order valence-electron chi connectivity index (χ1n) is 6.79. The second kappa shape index (κ2) is 6.45. The van der Waals surface area contributed by atoms with Gasteiger partial charge in [-0.3, -0.25) is 0 Å². The molecule has 0 unspecified atom stereocenters. The molecule has 2 aromatic carbocycles. The van der Waals surface area contributed by atoms with Crippen molar-refractivity contribution in [3.63, 3.8) is 0 Å². The molecule has 5 heteroatoms. The number of rotatable bonds is 3. The van der Waals surface area contributed by atoms with Crippen LogP contribution in [-0.4, -0.2) is 9.97 Å². The first-order valence-corrected chi connectivity index (χ1v) is 8.34. The second-order valence-electron chi connectivity index (χ2n) is 5.05. The molecule has 0 aliphatic heterocycles. The predicted molar refractivity (Wildman–Crippen MR) is 95.7 cm³/mol. The first kappa shape index (κ1) is 15.6. The Morgan fingerprint density at radius 2 is 1.86 bits per heavy atom. The van der Waals surface area contributed by atoms with E-state index in [4.69, 9.17) is 28.2 Å². The highest BCUT2D eigenvalue weighted by molar-refractivity contribution is 9.10. The summed E-state index contributed by atoms with van der Waals surface area (Å²) in [5.74, 6) is 0.922. The number of hydrogen-bond donors (Lipinski definition) is 1. The molecule has 2 nitrogen and oxygen atoms in total. The van der Waals surface area contributed by atoms with E-state index in [2.05, 4.69) is 27.0 Å². The maximum atomic E-state index is 6.10. The molecule has 0 radical (unpaired) electrons. The van der Waals surface area contributed by atoms with Crippen LogP contribution in [0.1, 0.15) is 17.1 Å². The standard InChI is InChI=1S/C17H13BrCl2N2/c1-10-17(12-6-7-14(19)15(20)8-12)22-16(21-10)9-11-4-2-3-5-13(11)18/h2-8H,9H2,1H3,(H,21,22). The van der Waals surface area contributed by atoms with Crippen LogP contribution < -0.4 is 0 Å². The van der Waals surface area contributed by atoms with Crippen molar-refractivity contribution in [2.24, 2.45) is 0 Å². The first-order chi connectivity index (χ1) is 10.5. The molecule has 0 aliphatic rings. The zero-order valence-electron chi connectivity index (χ0n) is 11.8. The molecule has 0 saturated carbocycles. The van der Waals surface area contributed by atoms with Gasteiger partial charge in [0.05, 0.1) is 15.7 Å². The lowest BCUT2D eigenvalue weighted by molar-refractivity contribution is 1.01. The SMILES string of the molecule is Cc1[nH]c(Cc2ccccc2Br)nc1-c1ccc(Cl)c(Cl)c1. The molecule has 1 N–H and O–H groups in total. The number of nitrogens with one attached hydrogen (secondary N) is 1. The van der Waals surface area contributed by atoms with Gasteiger partial charge < -0.3 is 4.98 Å². The number of nitrogens with zero attached hydrogens (tertiary/aromatic N) is 1. The summed E-state index contributed by atoms with van der Waals surface area (Å²) in [4.78, 5) is 8.05. The summed E-state index contributed by atoms with van der Waals surface area (Å²) in [6.45, 7) is 2.01. The van der Waals surface area contributed by atoms with Crippen LogP contribution in [0.15, 0.2) is 46.9 Å². The maximum absolute atomic E-state index is 6.10. The van der Waals surface area contributed by atoms with Crippen molar-refractivity contribution in [1.29, 1.82) is 0 Å². The average molecular weight is 396 g/mol. The molecular formula is C17H13BrCl2N2. The van der Waals surface area contributed by atoms with Crippen LogP contribution in [0.4, 0.5) is 0 Å². The van der Waals surface area contributed by atoms with Crippen molar-refractivity contribution in [2.45, 2.75) is 13.3 Å².